The number of aryl methyl sites for hydroxylation is 2. The topological polar surface area (TPSA) is 97.0 Å². The van der Waals surface area contributed by atoms with Crippen LogP contribution >= 0.6 is 11.8 Å². The number of carbonyl (C=O) groups is 3. The number of rotatable bonds is 11. The number of thioether (sulfide) groups is 1. The Morgan fingerprint density at radius 3 is 2.08 bits per heavy atom. The van der Waals surface area contributed by atoms with Crippen LogP contribution in [0.1, 0.15) is 63.8 Å². The molecule has 0 heterocycles. The van der Waals surface area contributed by atoms with Crippen molar-refractivity contribution in [1.29, 1.82) is 0 Å². The fraction of sp³-hybridized carbons (Fsp3) is 0.500. The summed E-state index contributed by atoms with van der Waals surface area (Å²) in [5, 5.41) is 5.75. The number of hydrogen-bond donors (Lipinski definition) is 2. The lowest BCUT2D eigenvalue weighted by Crippen LogP contribution is -2.54. The minimum absolute atomic E-state index is 0.345. The average Bonchev–Trinajstić information content (AvgIpc) is 2.84. The van der Waals surface area contributed by atoms with Crippen molar-refractivity contribution in [3.05, 3.63) is 59.2 Å². The molecule has 2 aromatic rings. The zero-order chi connectivity index (χ0) is 29.3. The Morgan fingerprint density at radius 1 is 1.00 bits per heavy atom. The SMILES string of the molecule is COc1ccc(NC(=O)C(c2c(C)cccc2C)N(C(=O)C(CCSC)NC(=O)OC(C)(C)C)C(C)C)cc1. The zero-order valence-electron chi connectivity index (χ0n) is 24.6. The van der Waals surface area contributed by atoms with Gasteiger partial charge in [-0.05, 0) is 108 Å². The van der Waals surface area contributed by atoms with E-state index in [0.29, 0.717) is 23.6 Å². The highest BCUT2D eigenvalue weighted by Crippen LogP contribution is 2.31. The van der Waals surface area contributed by atoms with Crippen LogP contribution in [-0.4, -0.2) is 59.6 Å². The lowest BCUT2D eigenvalue weighted by Gasteiger charge is -2.38. The highest BCUT2D eigenvalue weighted by atomic mass is 32.2. The monoisotopic (exact) mass is 557 g/mol. The van der Waals surface area contributed by atoms with Crippen LogP contribution in [0.2, 0.25) is 0 Å². The number of carbonyl (C=O) groups excluding carboxylic acids is 3. The number of benzene rings is 2. The summed E-state index contributed by atoms with van der Waals surface area (Å²) < 4.78 is 10.7. The van der Waals surface area contributed by atoms with Gasteiger partial charge in [0.05, 0.1) is 7.11 Å². The zero-order valence-corrected chi connectivity index (χ0v) is 25.4. The van der Waals surface area contributed by atoms with Crippen LogP contribution in [-0.2, 0) is 14.3 Å². The normalized spacial score (nSPS) is 12.9. The smallest absolute Gasteiger partial charge is 0.408 e. The summed E-state index contributed by atoms with van der Waals surface area (Å²) in [6, 6.07) is 10.7. The Morgan fingerprint density at radius 2 is 1.59 bits per heavy atom. The van der Waals surface area contributed by atoms with Crippen molar-refractivity contribution in [2.75, 3.05) is 24.4 Å². The number of alkyl carbamates (subject to hydrolysis) is 1. The van der Waals surface area contributed by atoms with E-state index in [1.54, 1.807) is 68.8 Å². The van der Waals surface area contributed by atoms with Crippen LogP contribution < -0.4 is 15.4 Å². The van der Waals surface area contributed by atoms with Gasteiger partial charge in [-0.3, -0.25) is 9.59 Å². The standard InChI is InChI=1S/C30H43N3O5S/c1-19(2)33(28(35)24(17-18-39-9)32-29(36)38-30(5,6)7)26(25-20(3)11-10-12-21(25)4)27(34)31-22-13-15-23(37-8)16-14-22/h10-16,19,24,26H,17-18H2,1-9H3,(H,31,34)(H,32,36). The first kappa shape index (κ1) is 32.0. The van der Waals surface area contributed by atoms with E-state index >= 15 is 0 Å². The molecule has 0 saturated carbocycles. The van der Waals surface area contributed by atoms with E-state index in [9.17, 15) is 14.4 Å². The maximum Gasteiger partial charge on any atom is 0.408 e. The van der Waals surface area contributed by atoms with Crippen LogP contribution in [0.5, 0.6) is 5.75 Å². The van der Waals surface area contributed by atoms with E-state index in [1.165, 1.54) is 0 Å². The average molecular weight is 558 g/mol. The third-order valence-corrected chi connectivity index (χ3v) is 6.75. The molecule has 0 aliphatic heterocycles. The van der Waals surface area contributed by atoms with Gasteiger partial charge < -0.3 is 25.0 Å². The third-order valence-electron chi connectivity index (χ3n) is 6.11. The predicted octanol–water partition coefficient (Wildman–Crippen LogP) is 5.88. The van der Waals surface area contributed by atoms with Gasteiger partial charge in [0.25, 0.3) is 5.91 Å². The molecule has 2 rings (SSSR count). The molecule has 214 valence electrons. The van der Waals surface area contributed by atoms with Gasteiger partial charge in [0.15, 0.2) is 0 Å². The Kier molecular flexibility index (Phi) is 11.7. The highest BCUT2D eigenvalue weighted by molar-refractivity contribution is 7.98. The summed E-state index contributed by atoms with van der Waals surface area (Å²) >= 11 is 1.58. The van der Waals surface area contributed by atoms with E-state index in [-0.39, 0.29) is 17.9 Å². The molecule has 9 heteroatoms. The summed E-state index contributed by atoms with van der Waals surface area (Å²) in [5.41, 5.74) is 2.41. The molecule has 8 nitrogen and oxygen atoms in total. The summed E-state index contributed by atoms with van der Waals surface area (Å²) in [6.45, 7) is 12.9. The number of anilines is 1. The predicted molar refractivity (Wildman–Crippen MR) is 158 cm³/mol. The van der Waals surface area contributed by atoms with Gasteiger partial charge in [-0.25, -0.2) is 4.79 Å². The summed E-state index contributed by atoms with van der Waals surface area (Å²) in [7, 11) is 1.58. The van der Waals surface area contributed by atoms with E-state index in [1.807, 2.05) is 52.1 Å². The van der Waals surface area contributed by atoms with Crippen LogP contribution in [0.4, 0.5) is 10.5 Å². The minimum atomic E-state index is -0.932. The van der Waals surface area contributed by atoms with Crippen molar-refractivity contribution in [3.8, 4) is 5.75 Å². The second-order valence-electron chi connectivity index (χ2n) is 10.7. The molecule has 2 unspecified atom stereocenters. The fourth-order valence-corrected chi connectivity index (χ4v) is 4.81. The van der Waals surface area contributed by atoms with Crippen molar-refractivity contribution in [3.63, 3.8) is 0 Å². The molecule has 0 aromatic heterocycles. The Bertz CT molecular complexity index is 1110. The second kappa shape index (κ2) is 14.3. The quantitative estimate of drug-likeness (QED) is 0.358. The number of nitrogens with zero attached hydrogens (tertiary/aromatic N) is 1. The van der Waals surface area contributed by atoms with Gasteiger partial charge in [-0.1, -0.05) is 18.2 Å². The van der Waals surface area contributed by atoms with Gasteiger partial charge in [-0.15, -0.1) is 0 Å². The van der Waals surface area contributed by atoms with E-state index in [0.717, 1.165) is 16.7 Å². The molecule has 2 aromatic carbocycles. The van der Waals surface area contributed by atoms with Crippen molar-refractivity contribution < 1.29 is 23.9 Å². The summed E-state index contributed by atoms with van der Waals surface area (Å²) in [4.78, 5) is 42.5. The first-order valence-electron chi connectivity index (χ1n) is 13.1. The third kappa shape index (κ3) is 9.20. The molecule has 0 bridgehead atoms. The lowest BCUT2D eigenvalue weighted by molar-refractivity contribution is -0.143. The molecular weight excluding hydrogens is 514 g/mol. The number of methoxy groups -OCH3 is 1. The molecule has 39 heavy (non-hydrogen) atoms. The summed E-state index contributed by atoms with van der Waals surface area (Å²) in [5.74, 6) is 0.621. The van der Waals surface area contributed by atoms with Crippen molar-refractivity contribution >= 4 is 35.4 Å². The number of amides is 3. The van der Waals surface area contributed by atoms with Crippen molar-refractivity contribution in [1.82, 2.24) is 10.2 Å². The lowest BCUT2D eigenvalue weighted by atomic mass is 9.92. The van der Waals surface area contributed by atoms with Gasteiger partial charge in [0, 0.05) is 11.7 Å². The van der Waals surface area contributed by atoms with Gasteiger partial charge in [-0.2, -0.15) is 11.8 Å². The minimum Gasteiger partial charge on any atom is -0.497 e. The fourth-order valence-electron chi connectivity index (χ4n) is 4.34. The first-order valence-corrected chi connectivity index (χ1v) is 14.5. The molecule has 0 radical (unpaired) electrons. The Labute approximate surface area is 237 Å². The Hall–Kier alpha value is -3.20. The van der Waals surface area contributed by atoms with Crippen molar-refractivity contribution in [2.45, 2.75) is 78.6 Å². The van der Waals surface area contributed by atoms with E-state index in [2.05, 4.69) is 10.6 Å². The Balaban J connectivity index is 2.55. The molecule has 0 aliphatic rings. The molecule has 0 spiro atoms. The number of ether oxygens (including phenoxy) is 2. The maximum atomic E-state index is 14.2. The van der Waals surface area contributed by atoms with E-state index < -0.39 is 23.8 Å². The molecule has 0 aliphatic carbocycles. The maximum absolute atomic E-state index is 14.2. The molecular formula is C30H43N3O5S. The summed E-state index contributed by atoms with van der Waals surface area (Å²) in [6.07, 6.45) is 1.66. The number of nitrogens with one attached hydrogen (secondary N) is 2. The highest BCUT2D eigenvalue weighted by Gasteiger charge is 2.39. The second-order valence-corrected chi connectivity index (χ2v) is 11.7. The van der Waals surface area contributed by atoms with Crippen LogP contribution in [0.3, 0.4) is 0 Å². The van der Waals surface area contributed by atoms with Crippen LogP contribution in [0.25, 0.3) is 0 Å². The molecule has 3 amide bonds. The first-order chi connectivity index (χ1) is 18.3. The van der Waals surface area contributed by atoms with Gasteiger partial charge in [0.2, 0.25) is 5.91 Å². The van der Waals surface area contributed by atoms with Gasteiger partial charge >= 0.3 is 6.09 Å². The molecule has 0 saturated heterocycles. The van der Waals surface area contributed by atoms with E-state index in [4.69, 9.17) is 9.47 Å². The van der Waals surface area contributed by atoms with Crippen LogP contribution in [0.15, 0.2) is 42.5 Å². The molecule has 0 fully saturated rings. The van der Waals surface area contributed by atoms with Crippen molar-refractivity contribution in [2.24, 2.45) is 0 Å². The van der Waals surface area contributed by atoms with Crippen LogP contribution in [0, 0.1) is 13.8 Å². The largest absolute Gasteiger partial charge is 0.497 e. The number of hydrogen-bond acceptors (Lipinski definition) is 6. The molecule has 2 N–H and O–H groups in total. The van der Waals surface area contributed by atoms with Gasteiger partial charge in [0.1, 0.15) is 23.4 Å². The molecule has 2 atom stereocenters.